The largest absolute Gasteiger partial charge is 0.497 e. The van der Waals surface area contributed by atoms with E-state index in [-0.39, 0.29) is 23.9 Å². The van der Waals surface area contributed by atoms with Crippen molar-refractivity contribution in [1.29, 1.82) is 0 Å². The lowest BCUT2D eigenvalue weighted by molar-refractivity contribution is -0.116. The van der Waals surface area contributed by atoms with Gasteiger partial charge in [-0.3, -0.25) is 14.2 Å². The molecule has 0 saturated carbocycles. The Morgan fingerprint density at radius 3 is 2.47 bits per heavy atom. The Bertz CT molecular complexity index is 1490. The Balaban J connectivity index is 1.57. The van der Waals surface area contributed by atoms with Gasteiger partial charge in [0.1, 0.15) is 18.1 Å². The summed E-state index contributed by atoms with van der Waals surface area (Å²) in [7, 11) is 3.14. The topological polar surface area (TPSA) is 91.7 Å². The van der Waals surface area contributed by atoms with E-state index in [0.29, 0.717) is 46.3 Å². The number of rotatable bonds is 6. The van der Waals surface area contributed by atoms with Gasteiger partial charge in [-0.05, 0) is 49.4 Å². The third-order valence-electron chi connectivity index (χ3n) is 6.06. The number of para-hydroxylation sites is 1. The van der Waals surface area contributed by atoms with E-state index in [1.165, 1.54) is 4.57 Å². The number of amides is 1. The fourth-order valence-electron chi connectivity index (χ4n) is 4.16. The number of carbonyl (C=O) groups excluding carboxylic acids is 1. The monoisotopic (exact) mass is 483 g/mol. The van der Waals surface area contributed by atoms with Crippen molar-refractivity contribution >= 4 is 11.6 Å². The molecule has 0 saturated heterocycles. The van der Waals surface area contributed by atoms with Gasteiger partial charge in [-0.25, -0.2) is 0 Å². The van der Waals surface area contributed by atoms with Crippen LogP contribution in [0.2, 0.25) is 0 Å². The van der Waals surface area contributed by atoms with Crippen LogP contribution in [0.4, 0.5) is 5.69 Å². The first kappa shape index (κ1) is 23.2. The van der Waals surface area contributed by atoms with Gasteiger partial charge in [0.2, 0.25) is 11.8 Å². The molecule has 1 aliphatic heterocycles. The van der Waals surface area contributed by atoms with Crippen LogP contribution in [0.25, 0.3) is 11.4 Å². The zero-order valence-corrected chi connectivity index (χ0v) is 20.2. The van der Waals surface area contributed by atoms with Crippen molar-refractivity contribution in [1.82, 2.24) is 9.55 Å². The number of hydrogen-bond donors (Lipinski definition) is 1. The first-order valence-corrected chi connectivity index (χ1v) is 11.4. The maximum absolute atomic E-state index is 13.7. The molecule has 182 valence electrons. The van der Waals surface area contributed by atoms with E-state index in [9.17, 15) is 9.59 Å². The molecular formula is C28H25N3O5. The minimum absolute atomic E-state index is 0.206. The molecule has 0 bridgehead atoms. The van der Waals surface area contributed by atoms with Crippen LogP contribution < -0.4 is 25.1 Å². The molecule has 0 spiro atoms. The summed E-state index contributed by atoms with van der Waals surface area (Å²) in [6.07, 6.45) is 0.316. The third-order valence-corrected chi connectivity index (χ3v) is 6.06. The van der Waals surface area contributed by atoms with E-state index in [1.54, 1.807) is 44.6 Å². The number of ether oxygens (including phenoxy) is 3. The van der Waals surface area contributed by atoms with Gasteiger partial charge < -0.3 is 19.5 Å². The summed E-state index contributed by atoms with van der Waals surface area (Å²) in [5.74, 6) is 1.95. The molecular weight excluding hydrogens is 458 g/mol. The van der Waals surface area contributed by atoms with Crippen LogP contribution in [0, 0.1) is 6.92 Å². The van der Waals surface area contributed by atoms with Gasteiger partial charge in [-0.1, -0.05) is 29.8 Å². The second-order valence-corrected chi connectivity index (χ2v) is 8.48. The standard InChI is InChI=1S/C28H25N3O5/c1-17-7-11-20(12-8-17)29-24(32)16-31-26(18-9-13-21(34-2)14-10-18)30-27-22(28(31)33)15-19-5-4-6-23(35-3)25(19)36-27/h4-14H,15-16H2,1-3H3,(H,29,32). The number of benzene rings is 3. The Labute approximate surface area is 208 Å². The zero-order chi connectivity index (χ0) is 25.2. The number of hydrogen-bond acceptors (Lipinski definition) is 6. The van der Waals surface area contributed by atoms with Crippen LogP contribution in [0.15, 0.2) is 71.5 Å². The Hall–Kier alpha value is -4.59. The summed E-state index contributed by atoms with van der Waals surface area (Å²) in [6, 6.07) is 20.1. The van der Waals surface area contributed by atoms with Gasteiger partial charge in [0.25, 0.3) is 5.56 Å². The predicted molar refractivity (Wildman–Crippen MR) is 136 cm³/mol. The number of aromatic nitrogens is 2. The lowest BCUT2D eigenvalue weighted by Crippen LogP contribution is -2.33. The highest BCUT2D eigenvalue weighted by Gasteiger charge is 2.27. The van der Waals surface area contributed by atoms with Gasteiger partial charge in [0.15, 0.2) is 11.5 Å². The normalized spacial score (nSPS) is 11.6. The molecule has 8 heteroatoms. The summed E-state index contributed by atoms with van der Waals surface area (Å²) in [6.45, 7) is 1.76. The number of methoxy groups -OCH3 is 2. The molecule has 0 fully saturated rings. The van der Waals surface area contributed by atoms with Crippen molar-refractivity contribution in [3.8, 4) is 34.5 Å². The quantitative estimate of drug-likeness (QED) is 0.380. The summed E-state index contributed by atoms with van der Waals surface area (Å²) < 4.78 is 18.2. The van der Waals surface area contributed by atoms with Gasteiger partial charge >= 0.3 is 0 Å². The predicted octanol–water partition coefficient (Wildman–Crippen LogP) is 4.57. The van der Waals surface area contributed by atoms with Crippen molar-refractivity contribution in [2.24, 2.45) is 0 Å². The SMILES string of the molecule is COc1ccc(-c2nc3c(c(=O)n2CC(=O)Nc2ccc(C)cc2)Cc2cccc(OC)c2O3)cc1. The van der Waals surface area contributed by atoms with Gasteiger partial charge in [-0.2, -0.15) is 4.98 Å². The summed E-state index contributed by atoms with van der Waals surface area (Å²) in [4.78, 5) is 31.4. The zero-order valence-electron chi connectivity index (χ0n) is 20.2. The van der Waals surface area contributed by atoms with Gasteiger partial charge in [-0.15, -0.1) is 0 Å². The number of carbonyl (C=O) groups is 1. The van der Waals surface area contributed by atoms with E-state index in [1.807, 2.05) is 43.3 Å². The second kappa shape index (κ2) is 9.58. The molecule has 5 rings (SSSR count). The second-order valence-electron chi connectivity index (χ2n) is 8.48. The number of aryl methyl sites for hydroxylation is 1. The molecule has 2 heterocycles. The van der Waals surface area contributed by atoms with E-state index >= 15 is 0 Å². The minimum Gasteiger partial charge on any atom is -0.497 e. The van der Waals surface area contributed by atoms with Gasteiger partial charge in [0.05, 0.1) is 19.8 Å². The highest BCUT2D eigenvalue weighted by Crippen LogP contribution is 2.41. The average molecular weight is 484 g/mol. The molecule has 1 aliphatic rings. The smallest absolute Gasteiger partial charge is 0.261 e. The maximum atomic E-state index is 13.7. The molecule has 0 unspecified atom stereocenters. The number of nitrogens with one attached hydrogen (secondary N) is 1. The van der Waals surface area contributed by atoms with Crippen LogP contribution >= 0.6 is 0 Å². The molecule has 0 aliphatic carbocycles. The molecule has 1 N–H and O–H groups in total. The lowest BCUT2D eigenvalue weighted by atomic mass is 10.0. The van der Waals surface area contributed by atoms with Crippen molar-refractivity contribution < 1.29 is 19.0 Å². The highest BCUT2D eigenvalue weighted by molar-refractivity contribution is 5.90. The van der Waals surface area contributed by atoms with E-state index in [2.05, 4.69) is 5.32 Å². The third kappa shape index (κ3) is 4.40. The summed E-state index contributed by atoms with van der Waals surface area (Å²) in [5.41, 5.74) is 3.25. The highest BCUT2D eigenvalue weighted by atomic mass is 16.5. The van der Waals surface area contributed by atoms with Crippen LogP contribution in [0.3, 0.4) is 0 Å². The van der Waals surface area contributed by atoms with Crippen molar-refractivity contribution in [3.63, 3.8) is 0 Å². The summed E-state index contributed by atoms with van der Waals surface area (Å²) in [5, 5.41) is 2.86. The molecule has 3 aromatic carbocycles. The molecule has 4 aromatic rings. The van der Waals surface area contributed by atoms with E-state index in [4.69, 9.17) is 19.2 Å². The fraction of sp³-hybridized carbons (Fsp3) is 0.179. The summed E-state index contributed by atoms with van der Waals surface area (Å²) >= 11 is 0. The molecule has 36 heavy (non-hydrogen) atoms. The first-order chi connectivity index (χ1) is 17.5. The maximum Gasteiger partial charge on any atom is 0.261 e. The fourth-order valence-corrected chi connectivity index (χ4v) is 4.16. The Morgan fingerprint density at radius 1 is 1.03 bits per heavy atom. The minimum atomic E-state index is -0.337. The van der Waals surface area contributed by atoms with E-state index < -0.39 is 0 Å². The molecule has 1 amide bonds. The number of nitrogens with zero attached hydrogens (tertiary/aromatic N) is 2. The average Bonchev–Trinajstić information content (AvgIpc) is 2.90. The molecule has 1 aromatic heterocycles. The van der Waals surface area contributed by atoms with Gasteiger partial charge in [0, 0.05) is 23.2 Å². The number of fused-ring (bicyclic) bond motifs is 2. The molecule has 0 atom stereocenters. The molecule has 0 radical (unpaired) electrons. The first-order valence-electron chi connectivity index (χ1n) is 11.4. The van der Waals surface area contributed by atoms with Crippen LogP contribution in [-0.2, 0) is 17.8 Å². The Morgan fingerprint density at radius 2 is 1.78 bits per heavy atom. The van der Waals surface area contributed by atoms with E-state index in [0.717, 1.165) is 11.1 Å². The van der Waals surface area contributed by atoms with Crippen molar-refractivity contribution in [3.05, 3.63) is 93.8 Å². The van der Waals surface area contributed by atoms with Crippen molar-refractivity contribution in [2.75, 3.05) is 19.5 Å². The van der Waals surface area contributed by atoms with Crippen LogP contribution in [0.1, 0.15) is 16.7 Å². The lowest BCUT2D eigenvalue weighted by Gasteiger charge is -2.23. The molecule has 8 nitrogen and oxygen atoms in total. The van der Waals surface area contributed by atoms with Crippen LogP contribution in [0.5, 0.6) is 23.1 Å². The van der Waals surface area contributed by atoms with Crippen molar-refractivity contribution in [2.45, 2.75) is 19.9 Å². The number of anilines is 1. The Kier molecular flexibility index (Phi) is 6.16. The van der Waals surface area contributed by atoms with Crippen LogP contribution in [-0.4, -0.2) is 29.7 Å².